The molecule has 0 spiro atoms. The van der Waals surface area contributed by atoms with Crippen LogP contribution < -0.4 is 10.9 Å². The smallest absolute Gasteiger partial charge is 0.285 e. The predicted octanol–water partition coefficient (Wildman–Crippen LogP) is 2.68. The van der Waals surface area contributed by atoms with Crippen LogP contribution in [-0.2, 0) is 4.74 Å². The van der Waals surface area contributed by atoms with Crippen LogP contribution in [0.5, 0.6) is 0 Å². The third kappa shape index (κ3) is 6.61. The topological polar surface area (TPSA) is 67.0 Å². The Morgan fingerprint density at radius 1 is 1.33 bits per heavy atom. The number of ether oxygens (including phenoxy) is 1. The zero-order valence-electron chi connectivity index (χ0n) is 11.3. The Bertz CT molecular complexity index is 353. The molecule has 0 unspecified atom stereocenters. The molecule has 0 bridgehead atoms. The summed E-state index contributed by atoms with van der Waals surface area (Å²) < 4.78 is 5.07. The third-order valence-corrected chi connectivity index (χ3v) is 2.52. The molecular weight excluding hydrogens is 254 g/mol. The molecular formula is C12H22ClN3O2. The highest BCUT2D eigenvalue weighted by molar-refractivity contribution is 6.32. The summed E-state index contributed by atoms with van der Waals surface area (Å²) in [4.78, 5) is 10.7. The van der Waals surface area contributed by atoms with Crippen LogP contribution in [-0.4, -0.2) is 30.5 Å². The van der Waals surface area contributed by atoms with E-state index in [4.69, 9.17) is 16.3 Å². The lowest BCUT2D eigenvalue weighted by atomic mass is 10.2. The van der Waals surface area contributed by atoms with E-state index in [1.54, 1.807) is 7.05 Å². The normalized spacial score (nSPS) is 13.6. The van der Waals surface area contributed by atoms with Gasteiger partial charge in [-0.3, -0.25) is 4.79 Å². The van der Waals surface area contributed by atoms with Crippen LogP contribution in [0.2, 0.25) is 5.02 Å². The maximum absolute atomic E-state index is 10.7. The summed E-state index contributed by atoms with van der Waals surface area (Å²) in [6, 6.07) is 0. The Morgan fingerprint density at radius 3 is 2.28 bits per heavy atom. The zero-order valence-corrected chi connectivity index (χ0v) is 12.0. The summed E-state index contributed by atoms with van der Waals surface area (Å²) in [7, 11) is 1.67. The number of hydrogen-bond acceptors (Lipinski definition) is 4. The average molecular weight is 276 g/mol. The van der Waals surface area contributed by atoms with Gasteiger partial charge in [-0.05, 0) is 19.3 Å². The molecule has 0 atom stereocenters. The lowest BCUT2D eigenvalue weighted by Crippen LogP contribution is -2.09. The Hall–Kier alpha value is -1.07. The van der Waals surface area contributed by atoms with E-state index in [9.17, 15) is 4.79 Å². The number of rotatable bonds is 1. The van der Waals surface area contributed by atoms with Crippen molar-refractivity contribution < 1.29 is 4.74 Å². The molecule has 0 aromatic carbocycles. The molecule has 0 radical (unpaired) electrons. The van der Waals surface area contributed by atoms with Crippen molar-refractivity contribution in [3.63, 3.8) is 0 Å². The van der Waals surface area contributed by atoms with Gasteiger partial charge in [-0.15, -0.1) is 0 Å². The fourth-order valence-corrected chi connectivity index (χ4v) is 1.43. The average Bonchev–Trinajstić information content (AvgIpc) is 2.47. The van der Waals surface area contributed by atoms with Crippen LogP contribution in [0, 0.1) is 0 Å². The molecule has 2 heterocycles. The standard InChI is InChI=1S/C5H6ClN3O.C5H10O.C2H6/c1-7-3-2-8-9-5(10)4(3)6;1-2-4-6-5-3-1;1-2/h2H,1H3,(H2,7,9,10);1-5H2;1-2H3. The summed E-state index contributed by atoms with van der Waals surface area (Å²) in [5, 5.41) is 8.59. The predicted molar refractivity (Wildman–Crippen MR) is 75.4 cm³/mol. The Labute approximate surface area is 113 Å². The molecule has 2 rings (SSSR count). The SMILES string of the molecule is C1CCOCC1.CC.CNc1cn[nH]c(=O)c1Cl. The van der Waals surface area contributed by atoms with Gasteiger partial charge < -0.3 is 10.1 Å². The molecule has 1 aromatic heterocycles. The van der Waals surface area contributed by atoms with Gasteiger partial charge in [0.15, 0.2) is 0 Å². The van der Waals surface area contributed by atoms with Crippen molar-refractivity contribution in [2.24, 2.45) is 0 Å². The quantitative estimate of drug-likeness (QED) is 0.827. The molecule has 2 N–H and O–H groups in total. The monoisotopic (exact) mass is 275 g/mol. The van der Waals surface area contributed by atoms with Crippen molar-refractivity contribution in [3.05, 3.63) is 21.6 Å². The largest absolute Gasteiger partial charge is 0.385 e. The van der Waals surface area contributed by atoms with Crippen LogP contribution in [0.3, 0.4) is 0 Å². The number of nitrogens with zero attached hydrogens (tertiary/aromatic N) is 1. The van der Waals surface area contributed by atoms with Gasteiger partial charge in [-0.1, -0.05) is 25.4 Å². The van der Waals surface area contributed by atoms with Gasteiger partial charge in [0, 0.05) is 20.3 Å². The van der Waals surface area contributed by atoms with Gasteiger partial charge in [-0.25, -0.2) is 5.10 Å². The van der Waals surface area contributed by atoms with E-state index < -0.39 is 0 Å². The molecule has 104 valence electrons. The first-order valence-corrected chi connectivity index (χ1v) is 6.62. The lowest BCUT2D eigenvalue weighted by molar-refractivity contribution is 0.0968. The number of H-pyrrole nitrogens is 1. The van der Waals surface area contributed by atoms with Gasteiger partial charge in [0.25, 0.3) is 5.56 Å². The van der Waals surface area contributed by atoms with E-state index in [0.717, 1.165) is 13.2 Å². The Balaban J connectivity index is 0.000000308. The molecule has 1 aliphatic heterocycles. The van der Waals surface area contributed by atoms with Crippen molar-refractivity contribution in [2.75, 3.05) is 25.6 Å². The Morgan fingerprint density at radius 2 is 1.94 bits per heavy atom. The first kappa shape index (κ1) is 16.9. The van der Waals surface area contributed by atoms with Crippen LogP contribution in [0.15, 0.2) is 11.0 Å². The van der Waals surface area contributed by atoms with E-state index in [0.29, 0.717) is 5.69 Å². The van der Waals surface area contributed by atoms with Crippen LogP contribution in [0.4, 0.5) is 5.69 Å². The number of hydrogen-bond donors (Lipinski definition) is 2. The molecule has 0 aliphatic carbocycles. The van der Waals surface area contributed by atoms with Crippen molar-refractivity contribution in [2.45, 2.75) is 33.1 Å². The number of halogens is 1. The van der Waals surface area contributed by atoms with Crippen molar-refractivity contribution in [1.29, 1.82) is 0 Å². The second kappa shape index (κ2) is 11.0. The summed E-state index contributed by atoms with van der Waals surface area (Å²) in [6.45, 7) is 6.00. The van der Waals surface area contributed by atoms with E-state index >= 15 is 0 Å². The maximum Gasteiger partial charge on any atom is 0.285 e. The molecule has 1 aromatic rings. The minimum absolute atomic E-state index is 0.137. The van der Waals surface area contributed by atoms with E-state index in [1.807, 2.05) is 13.8 Å². The van der Waals surface area contributed by atoms with Gasteiger partial charge in [0.1, 0.15) is 5.02 Å². The summed E-state index contributed by atoms with van der Waals surface area (Å²) in [6.07, 6.45) is 5.38. The van der Waals surface area contributed by atoms with Crippen LogP contribution in [0.25, 0.3) is 0 Å². The van der Waals surface area contributed by atoms with Gasteiger partial charge in [0.2, 0.25) is 0 Å². The summed E-state index contributed by atoms with van der Waals surface area (Å²) in [5.74, 6) is 0. The fraction of sp³-hybridized carbons (Fsp3) is 0.667. The molecule has 0 amide bonds. The molecule has 1 saturated heterocycles. The highest BCUT2D eigenvalue weighted by Crippen LogP contribution is 2.12. The van der Waals surface area contributed by atoms with E-state index in [1.165, 1.54) is 25.5 Å². The number of aromatic amines is 1. The minimum atomic E-state index is -0.381. The number of nitrogens with one attached hydrogen (secondary N) is 2. The van der Waals surface area contributed by atoms with E-state index in [2.05, 4.69) is 15.5 Å². The molecule has 0 saturated carbocycles. The first-order valence-electron chi connectivity index (χ1n) is 6.24. The van der Waals surface area contributed by atoms with Crippen LogP contribution in [0.1, 0.15) is 33.1 Å². The van der Waals surface area contributed by atoms with Crippen LogP contribution >= 0.6 is 11.6 Å². The summed E-state index contributed by atoms with van der Waals surface area (Å²) in [5.41, 5.74) is 0.152. The molecule has 18 heavy (non-hydrogen) atoms. The highest BCUT2D eigenvalue weighted by Gasteiger charge is 2.00. The van der Waals surface area contributed by atoms with Crippen molar-refractivity contribution >= 4 is 17.3 Å². The van der Waals surface area contributed by atoms with Gasteiger partial charge >= 0.3 is 0 Å². The fourth-order valence-electron chi connectivity index (χ4n) is 1.24. The number of anilines is 1. The molecule has 1 aliphatic rings. The number of aromatic nitrogens is 2. The maximum atomic E-state index is 10.7. The van der Waals surface area contributed by atoms with E-state index in [-0.39, 0.29) is 10.6 Å². The second-order valence-corrected chi connectivity index (χ2v) is 3.73. The lowest BCUT2D eigenvalue weighted by Gasteiger charge is -2.08. The zero-order chi connectivity index (χ0) is 13.8. The Kier molecular flexibility index (Phi) is 10.4. The van der Waals surface area contributed by atoms with Crippen molar-refractivity contribution in [1.82, 2.24) is 10.2 Å². The first-order chi connectivity index (χ1) is 8.75. The molecule has 1 fully saturated rings. The van der Waals surface area contributed by atoms with Gasteiger partial charge in [0.05, 0.1) is 11.9 Å². The highest BCUT2D eigenvalue weighted by atomic mass is 35.5. The third-order valence-electron chi connectivity index (χ3n) is 2.14. The summed E-state index contributed by atoms with van der Waals surface area (Å²) >= 11 is 5.55. The van der Waals surface area contributed by atoms with Crippen molar-refractivity contribution in [3.8, 4) is 0 Å². The molecule has 6 heteroatoms. The molecule has 5 nitrogen and oxygen atoms in total. The van der Waals surface area contributed by atoms with Gasteiger partial charge in [-0.2, -0.15) is 5.10 Å². The minimum Gasteiger partial charge on any atom is -0.385 e. The second-order valence-electron chi connectivity index (χ2n) is 3.35.